The molecule has 0 aliphatic heterocycles. The van der Waals surface area contributed by atoms with E-state index in [1.165, 1.54) is 4.88 Å². The zero-order valence-corrected chi connectivity index (χ0v) is 11.3. The zero-order chi connectivity index (χ0) is 12.8. The van der Waals surface area contributed by atoms with Crippen LogP contribution in [0.3, 0.4) is 0 Å². The highest BCUT2D eigenvalue weighted by Gasteiger charge is 2.08. The summed E-state index contributed by atoms with van der Waals surface area (Å²) < 4.78 is 0. The van der Waals surface area contributed by atoms with Gasteiger partial charge in [0.1, 0.15) is 0 Å². The predicted molar refractivity (Wildman–Crippen MR) is 71.5 cm³/mol. The lowest BCUT2D eigenvalue weighted by Crippen LogP contribution is -2.32. The molecule has 0 bridgehead atoms. The number of aliphatic hydroxyl groups is 1. The zero-order valence-electron chi connectivity index (χ0n) is 10.5. The topological polar surface area (TPSA) is 61.4 Å². The number of hydrogen-bond donors (Lipinski definition) is 3. The van der Waals surface area contributed by atoms with Crippen molar-refractivity contribution >= 4 is 22.4 Å². The number of carbonyl (C=O) groups excluding carboxylic acids is 1. The maximum Gasteiger partial charge on any atom is 0.319 e. The van der Waals surface area contributed by atoms with Crippen molar-refractivity contribution in [2.75, 3.05) is 11.9 Å². The van der Waals surface area contributed by atoms with Crippen molar-refractivity contribution in [3.8, 4) is 0 Å². The average Bonchev–Trinajstić information content (AvgIpc) is 2.60. The fourth-order valence-corrected chi connectivity index (χ4v) is 2.35. The Balaban J connectivity index is 2.26. The number of aliphatic hydroxyl groups excluding tert-OH is 1. The summed E-state index contributed by atoms with van der Waals surface area (Å²) in [4.78, 5) is 12.7. The molecule has 4 nitrogen and oxygen atoms in total. The third-order valence-corrected chi connectivity index (χ3v) is 3.25. The van der Waals surface area contributed by atoms with Crippen molar-refractivity contribution in [2.24, 2.45) is 5.92 Å². The normalized spacial score (nSPS) is 14.1. The molecule has 3 N–H and O–H groups in total. The van der Waals surface area contributed by atoms with Crippen molar-refractivity contribution in [3.05, 3.63) is 17.0 Å². The quantitative estimate of drug-likeness (QED) is 0.758. The average molecular weight is 256 g/mol. The van der Waals surface area contributed by atoms with Crippen LogP contribution in [0.15, 0.2) is 12.1 Å². The molecular weight excluding hydrogens is 236 g/mol. The lowest BCUT2D eigenvalue weighted by atomic mass is 10.1. The molecule has 5 heteroatoms. The summed E-state index contributed by atoms with van der Waals surface area (Å²) in [6.07, 6.45) is 0.369. The Hall–Kier alpha value is -1.07. The van der Waals surface area contributed by atoms with Gasteiger partial charge in [0, 0.05) is 11.4 Å². The number of nitrogens with one attached hydrogen (secondary N) is 2. The summed E-state index contributed by atoms with van der Waals surface area (Å²) in [5.74, 6) is 0.269. The summed E-state index contributed by atoms with van der Waals surface area (Å²) in [6.45, 7) is 6.33. The smallest absolute Gasteiger partial charge is 0.319 e. The van der Waals surface area contributed by atoms with Gasteiger partial charge in [-0.3, -0.25) is 5.32 Å². The number of carbonyl (C=O) groups is 1. The van der Waals surface area contributed by atoms with Gasteiger partial charge >= 0.3 is 6.03 Å². The van der Waals surface area contributed by atoms with Crippen LogP contribution in [0.4, 0.5) is 9.80 Å². The predicted octanol–water partition coefficient (Wildman–Crippen LogP) is 2.59. The van der Waals surface area contributed by atoms with E-state index >= 15 is 0 Å². The Morgan fingerprint density at radius 2 is 2.18 bits per heavy atom. The molecule has 0 aliphatic rings. The summed E-state index contributed by atoms with van der Waals surface area (Å²) >= 11 is 1.55. The summed E-state index contributed by atoms with van der Waals surface area (Å²) in [6, 6.07) is 3.67. The Morgan fingerprint density at radius 3 is 2.71 bits per heavy atom. The molecule has 0 aliphatic carbocycles. The summed E-state index contributed by atoms with van der Waals surface area (Å²) in [5.41, 5.74) is 0. The maximum absolute atomic E-state index is 11.5. The molecule has 0 aromatic carbocycles. The molecule has 1 heterocycles. The highest BCUT2D eigenvalue weighted by Crippen LogP contribution is 2.20. The molecule has 0 radical (unpaired) electrons. The van der Waals surface area contributed by atoms with E-state index in [1.54, 1.807) is 18.3 Å². The fraction of sp³-hybridized carbons (Fsp3) is 0.583. The first-order valence-corrected chi connectivity index (χ1v) is 6.58. The third kappa shape index (κ3) is 5.70. The van der Waals surface area contributed by atoms with Gasteiger partial charge in [0.25, 0.3) is 0 Å². The molecular formula is C12H20N2O2S. The van der Waals surface area contributed by atoms with Crippen LogP contribution in [0, 0.1) is 12.8 Å². The molecule has 0 saturated heterocycles. The molecule has 0 saturated carbocycles. The molecule has 96 valence electrons. The molecule has 0 spiro atoms. The van der Waals surface area contributed by atoms with Crippen LogP contribution in [0.5, 0.6) is 0 Å². The number of amides is 2. The highest BCUT2D eigenvalue weighted by molar-refractivity contribution is 7.16. The second-order valence-electron chi connectivity index (χ2n) is 4.44. The van der Waals surface area contributed by atoms with Crippen molar-refractivity contribution in [3.63, 3.8) is 0 Å². The minimum Gasteiger partial charge on any atom is -0.393 e. The Kier molecular flexibility index (Phi) is 5.44. The summed E-state index contributed by atoms with van der Waals surface area (Å²) in [7, 11) is 0. The van der Waals surface area contributed by atoms with Crippen LogP contribution in [-0.4, -0.2) is 23.8 Å². The highest BCUT2D eigenvalue weighted by atomic mass is 32.1. The first kappa shape index (κ1) is 14.0. The lowest BCUT2D eigenvalue weighted by molar-refractivity contribution is 0.163. The standard InChI is InChI=1S/C12H20N2O2S/c1-8(6-9(2)15)7-13-12(16)14-11-5-4-10(3)17-11/h4-5,8-9,15H,6-7H2,1-3H3,(H2,13,14,16). The van der Waals surface area contributed by atoms with Gasteiger partial charge in [0.05, 0.1) is 11.1 Å². The van der Waals surface area contributed by atoms with E-state index in [0.29, 0.717) is 13.0 Å². The molecule has 2 amide bonds. The van der Waals surface area contributed by atoms with Crippen LogP contribution in [-0.2, 0) is 0 Å². The van der Waals surface area contributed by atoms with E-state index in [1.807, 2.05) is 26.0 Å². The van der Waals surface area contributed by atoms with Gasteiger partial charge in [-0.15, -0.1) is 11.3 Å². The Bertz CT molecular complexity index is 363. The number of thiophene rings is 1. The first-order chi connectivity index (χ1) is 7.97. The van der Waals surface area contributed by atoms with Crippen molar-refractivity contribution in [2.45, 2.75) is 33.3 Å². The van der Waals surface area contributed by atoms with E-state index in [2.05, 4.69) is 10.6 Å². The van der Waals surface area contributed by atoms with Gasteiger partial charge in [-0.25, -0.2) is 4.79 Å². The molecule has 1 aromatic rings. The van der Waals surface area contributed by atoms with Gasteiger partial charge in [-0.05, 0) is 38.3 Å². The lowest BCUT2D eigenvalue weighted by Gasteiger charge is -2.14. The fourth-order valence-electron chi connectivity index (χ4n) is 1.59. The van der Waals surface area contributed by atoms with Crippen molar-refractivity contribution < 1.29 is 9.90 Å². The number of anilines is 1. The second-order valence-corrected chi connectivity index (χ2v) is 5.72. The van der Waals surface area contributed by atoms with Gasteiger partial charge < -0.3 is 10.4 Å². The van der Waals surface area contributed by atoms with Crippen LogP contribution in [0.1, 0.15) is 25.1 Å². The van der Waals surface area contributed by atoms with Crippen molar-refractivity contribution in [1.29, 1.82) is 0 Å². The molecule has 0 fully saturated rings. The minimum absolute atomic E-state index is 0.190. The third-order valence-electron chi connectivity index (χ3n) is 2.33. The van der Waals surface area contributed by atoms with E-state index < -0.39 is 0 Å². The van der Waals surface area contributed by atoms with E-state index in [-0.39, 0.29) is 18.1 Å². The Morgan fingerprint density at radius 1 is 1.47 bits per heavy atom. The number of rotatable bonds is 5. The number of hydrogen-bond acceptors (Lipinski definition) is 3. The molecule has 1 rings (SSSR count). The Labute approximate surface area is 106 Å². The molecule has 2 atom stereocenters. The molecule has 2 unspecified atom stereocenters. The van der Waals surface area contributed by atoms with Crippen molar-refractivity contribution in [1.82, 2.24) is 5.32 Å². The molecule has 1 aromatic heterocycles. The second kappa shape index (κ2) is 6.61. The van der Waals surface area contributed by atoms with E-state index in [0.717, 1.165) is 5.00 Å². The monoisotopic (exact) mass is 256 g/mol. The van der Waals surface area contributed by atoms with Crippen LogP contribution >= 0.6 is 11.3 Å². The summed E-state index contributed by atoms with van der Waals surface area (Å²) in [5, 5.41) is 15.6. The van der Waals surface area contributed by atoms with Gasteiger partial charge in [0.2, 0.25) is 0 Å². The van der Waals surface area contributed by atoms with E-state index in [4.69, 9.17) is 0 Å². The van der Waals surface area contributed by atoms with Crippen LogP contribution < -0.4 is 10.6 Å². The van der Waals surface area contributed by atoms with Gasteiger partial charge in [-0.2, -0.15) is 0 Å². The largest absolute Gasteiger partial charge is 0.393 e. The van der Waals surface area contributed by atoms with Gasteiger partial charge in [-0.1, -0.05) is 6.92 Å². The number of urea groups is 1. The van der Waals surface area contributed by atoms with Crippen LogP contribution in [0.2, 0.25) is 0 Å². The number of aryl methyl sites for hydroxylation is 1. The van der Waals surface area contributed by atoms with Crippen LogP contribution in [0.25, 0.3) is 0 Å². The van der Waals surface area contributed by atoms with Gasteiger partial charge in [0.15, 0.2) is 0 Å². The SMILES string of the molecule is Cc1ccc(NC(=O)NCC(C)CC(C)O)s1. The minimum atomic E-state index is -0.324. The molecule has 17 heavy (non-hydrogen) atoms. The first-order valence-electron chi connectivity index (χ1n) is 5.76. The van der Waals surface area contributed by atoms with E-state index in [9.17, 15) is 9.90 Å². The maximum atomic E-state index is 11.5.